The lowest BCUT2D eigenvalue weighted by molar-refractivity contribution is 0.155. The van der Waals surface area contributed by atoms with E-state index in [0.717, 1.165) is 23.4 Å². The Balaban J connectivity index is 2.02. The lowest BCUT2D eigenvalue weighted by atomic mass is 10.0. The first-order valence-electron chi connectivity index (χ1n) is 6.65. The van der Waals surface area contributed by atoms with Gasteiger partial charge in [0.2, 0.25) is 0 Å². The van der Waals surface area contributed by atoms with Crippen molar-refractivity contribution < 1.29 is 14.0 Å². The van der Waals surface area contributed by atoms with Gasteiger partial charge in [-0.2, -0.15) is 0 Å². The first-order chi connectivity index (χ1) is 9.74. The van der Waals surface area contributed by atoms with Crippen molar-refractivity contribution in [2.24, 2.45) is 5.73 Å². The number of hydrogen-bond donors (Lipinski definition) is 1. The minimum atomic E-state index is -0.0208. The van der Waals surface area contributed by atoms with Crippen LogP contribution in [0.3, 0.4) is 0 Å². The van der Waals surface area contributed by atoms with Gasteiger partial charge in [0.1, 0.15) is 24.7 Å². The van der Waals surface area contributed by atoms with Crippen LogP contribution in [0.25, 0.3) is 0 Å². The van der Waals surface area contributed by atoms with Gasteiger partial charge in [-0.15, -0.1) is 0 Å². The van der Waals surface area contributed by atoms with E-state index < -0.39 is 0 Å². The van der Waals surface area contributed by atoms with Crippen LogP contribution in [0.15, 0.2) is 34.9 Å². The molecule has 1 aromatic carbocycles. The molecule has 1 atom stereocenters. The van der Waals surface area contributed by atoms with Crippen LogP contribution in [-0.2, 0) is 18.0 Å². The Morgan fingerprint density at radius 1 is 1.30 bits per heavy atom. The minimum Gasteiger partial charge on any atom is -0.487 e. The Kier molecular flexibility index (Phi) is 5.15. The third-order valence-corrected chi connectivity index (χ3v) is 3.03. The van der Waals surface area contributed by atoms with E-state index in [9.17, 15) is 0 Å². The SMILES string of the molecule is CC[C@@H](N)c1ccccc1OCc1cc(COC)on1. The highest BCUT2D eigenvalue weighted by Gasteiger charge is 2.11. The summed E-state index contributed by atoms with van der Waals surface area (Å²) in [6.07, 6.45) is 0.863. The summed E-state index contributed by atoms with van der Waals surface area (Å²) in [7, 11) is 1.61. The third kappa shape index (κ3) is 3.59. The Bertz CT molecular complexity index is 539. The molecule has 0 unspecified atom stereocenters. The highest BCUT2D eigenvalue weighted by atomic mass is 16.5. The molecule has 2 rings (SSSR count). The molecule has 0 fully saturated rings. The number of nitrogens with two attached hydrogens (primary N) is 1. The molecule has 1 heterocycles. The molecule has 5 heteroatoms. The standard InChI is InChI=1S/C15H20N2O3/c1-3-14(16)13-6-4-5-7-15(13)19-9-11-8-12(10-18-2)20-17-11/h4-8,14H,3,9-10,16H2,1-2H3/t14-/m1/s1. The molecule has 2 N–H and O–H groups in total. The predicted molar refractivity (Wildman–Crippen MR) is 75.2 cm³/mol. The summed E-state index contributed by atoms with van der Waals surface area (Å²) in [5.74, 6) is 1.47. The average Bonchev–Trinajstić information content (AvgIpc) is 2.93. The highest BCUT2D eigenvalue weighted by Crippen LogP contribution is 2.26. The maximum absolute atomic E-state index is 6.08. The van der Waals surface area contributed by atoms with Gasteiger partial charge in [0, 0.05) is 24.8 Å². The molecule has 5 nitrogen and oxygen atoms in total. The van der Waals surface area contributed by atoms with Crippen molar-refractivity contribution in [3.63, 3.8) is 0 Å². The van der Waals surface area contributed by atoms with E-state index in [4.69, 9.17) is 19.7 Å². The maximum atomic E-state index is 6.08. The average molecular weight is 276 g/mol. The molecule has 2 aromatic rings. The van der Waals surface area contributed by atoms with Crippen molar-refractivity contribution in [2.75, 3.05) is 7.11 Å². The zero-order chi connectivity index (χ0) is 14.4. The summed E-state index contributed by atoms with van der Waals surface area (Å²) in [5, 5.41) is 3.93. The van der Waals surface area contributed by atoms with E-state index in [1.54, 1.807) is 7.11 Å². The summed E-state index contributed by atoms with van der Waals surface area (Å²) in [5.41, 5.74) is 7.82. The minimum absolute atomic E-state index is 0.0208. The highest BCUT2D eigenvalue weighted by molar-refractivity contribution is 5.35. The molecule has 108 valence electrons. The van der Waals surface area contributed by atoms with Gasteiger partial charge >= 0.3 is 0 Å². The number of hydrogen-bond acceptors (Lipinski definition) is 5. The van der Waals surface area contributed by atoms with Gasteiger partial charge in [-0.05, 0) is 12.5 Å². The summed E-state index contributed by atoms with van der Waals surface area (Å²) in [6, 6.07) is 9.60. The summed E-state index contributed by atoms with van der Waals surface area (Å²) in [4.78, 5) is 0. The zero-order valence-electron chi connectivity index (χ0n) is 11.8. The molecule has 0 aliphatic heterocycles. The molecule has 0 bridgehead atoms. The van der Waals surface area contributed by atoms with Crippen LogP contribution < -0.4 is 10.5 Å². The van der Waals surface area contributed by atoms with E-state index in [0.29, 0.717) is 19.0 Å². The zero-order valence-corrected chi connectivity index (χ0v) is 11.8. The molecule has 1 aromatic heterocycles. The second-order valence-corrected chi connectivity index (χ2v) is 4.56. The van der Waals surface area contributed by atoms with Gasteiger partial charge in [0.25, 0.3) is 0 Å². The predicted octanol–water partition coefficient (Wildman–Crippen LogP) is 2.81. The number of nitrogens with zero attached hydrogens (tertiary/aromatic N) is 1. The molecule has 0 amide bonds. The monoisotopic (exact) mass is 276 g/mol. The molecule has 0 radical (unpaired) electrons. The van der Waals surface area contributed by atoms with Gasteiger partial charge in [-0.25, -0.2) is 0 Å². The van der Waals surface area contributed by atoms with Gasteiger partial charge < -0.3 is 19.7 Å². The molecule has 0 saturated heterocycles. The molecule has 0 spiro atoms. The molecule has 0 aliphatic rings. The van der Waals surface area contributed by atoms with Crippen LogP contribution in [0.5, 0.6) is 5.75 Å². The van der Waals surface area contributed by atoms with Gasteiger partial charge in [-0.1, -0.05) is 30.3 Å². The fourth-order valence-electron chi connectivity index (χ4n) is 1.92. The topological polar surface area (TPSA) is 70.5 Å². The fourth-order valence-corrected chi connectivity index (χ4v) is 1.92. The number of methoxy groups -OCH3 is 1. The lowest BCUT2D eigenvalue weighted by Gasteiger charge is -2.14. The van der Waals surface area contributed by atoms with Gasteiger partial charge in [-0.3, -0.25) is 0 Å². The normalized spacial score (nSPS) is 12.3. The van der Waals surface area contributed by atoms with Crippen molar-refractivity contribution >= 4 is 0 Å². The Morgan fingerprint density at radius 2 is 2.10 bits per heavy atom. The summed E-state index contributed by atoms with van der Waals surface area (Å²) < 4.78 is 15.9. The number of para-hydroxylation sites is 1. The number of aromatic nitrogens is 1. The van der Waals surface area contributed by atoms with Crippen molar-refractivity contribution in [3.05, 3.63) is 47.3 Å². The Labute approximate surface area is 118 Å². The van der Waals surface area contributed by atoms with Crippen molar-refractivity contribution in [3.8, 4) is 5.75 Å². The van der Waals surface area contributed by atoms with E-state index in [2.05, 4.69) is 12.1 Å². The largest absolute Gasteiger partial charge is 0.487 e. The van der Waals surface area contributed by atoms with E-state index in [-0.39, 0.29) is 6.04 Å². The molecule has 0 aliphatic carbocycles. The number of ether oxygens (including phenoxy) is 2. The van der Waals surface area contributed by atoms with E-state index in [1.165, 1.54) is 0 Å². The molecular weight excluding hydrogens is 256 g/mol. The van der Waals surface area contributed by atoms with Crippen molar-refractivity contribution in [1.82, 2.24) is 5.16 Å². The second-order valence-electron chi connectivity index (χ2n) is 4.56. The molecule has 0 saturated carbocycles. The van der Waals surface area contributed by atoms with Crippen LogP contribution in [0.2, 0.25) is 0 Å². The smallest absolute Gasteiger partial charge is 0.162 e. The van der Waals surface area contributed by atoms with Crippen LogP contribution in [0, 0.1) is 0 Å². The quantitative estimate of drug-likeness (QED) is 0.842. The van der Waals surface area contributed by atoms with E-state index >= 15 is 0 Å². The number of benzene rings is 1. The van der Waals surface area contributed by atoms with Gasteiger partial charge in [0.05, 0.1) is 0 Å². The Morgan fingerprint density at radius 3 is 2.85 bits per heavy atom. The third-order valence-electron chi connectivity index (χ3n) is 3.03. The van der Waals surface area contributed by atoms with Crippen LogP contribution in [-0.4, -0.2) is 12.3 Å². The number of rotatable bonds is 7. The molecular formula is C15H20N2O3. The maximum Gasteiger partial charge on any atom is 0.162 e. The molecule has 20 heavy (non-hydrogen) atoms. The summed E-state index contributed by atoms with van der Waals surface area (Å²) in [6.45, 7) is 2.81. The lowest BCUT2D eigenvalue weighted by Crippen LogP contribution is -2.10. The first kappa shape index (κ1) is 14.6. The van der Waals surface area contributed by atoms with Crippen molar-refractivity contribution in [1.29, 1.82) is 0 Å². The van der Waals surface area contributed by atoms with Crippen LogP contribution in [0.4, 0.5) is 0 Å². The summed E-state index contributed by atoms with van der Waals surface area (Å²) >= 11 is 0. The van der Waals surface area contributed by atoms with Crippen LogP contribution in [0.1, 0.15) is 36.4 Å². The van der Waals surface area contributed by atoms with E-state index in [1.807, 2.05) is 30.3 Å². The van der Waals surface area contributed by atoms with Crippen LogP contribution >= 0.6 is 0 Å². The fraction of sp³-hybridized carbons (Fsp3) is 0.400. The Hall–Kier alpha value is -1.85. The van der Waals surface area contributed by atoms with Crippen molar-refractivity contribution in [2.45, 2.75) is 32.6 Å². The first-order valence-corrected chi connectivity index (χ1v) is 6.65. The van der Waals surface area contributed by atoms with Gasteiger partial charge in [0.15, 0.2) is 5.76 Å². The second kappa shape index (κ2) is 7.07.